The summed E-state index contributed by atoms with van der Waals surface area (Å²) < 4.78 is 23.1. The van der Waals surface area contributed by atoms with Crippen LogP contribution < -0.4 is 0 Å². The predicted molar refractivity (Wildman–Crippen MR) is 76.8 cm³/mol. The van der Waals surface area contributed by atoms with Crippen molar-refractivity contribution in [2.75, 3.05) is 25.1 Å². The van der Waals surface area contributed by atoms with Gasteiger partial charge in [-0.25, -0.2) is 18.0 Å². The zero-order valence-electron chi connectivity index (χ0n) is 12.4. The highest BCUT2D eigenvalue weighted by atomic mass is 32.2. The molecule has 2 aliphatic rings. The minimum absolute atomic E-state index is 0.0349. The number of likely N-dealkylation sites (tertiary alicyclic amines) is 1. The minimum Gasteiger partial charge on any atom is -0.480 e. The molecule has 21 heavy (non-hydrogen) atoms. The molecule has 2 rings (SSSR count). The maximum atomic E-state index is 12.6. The van der Waals surface area contributed by atoms with Gasteiger partial charge in [0.15, 0.2) is 9.84 Å². The molecule has 0 aromatic heterocycles. The lowest BCUT2D eigenvalue weighted by Crippen LogP contribution is -2.61. The van der Waals surface area contributed by atoms with Gasteiger partial charge in [-0.2, -0.15) is 0 Å². The average Bonchev–Trinajstić information content (AvgIpc) is 2.78. The van der Waals surface area contributed by atoms with Gasteiger partial charge in [-0.15, -0.1) is 0 Å². The zero-order chi connectivity index (χ0) is 15.8. The molecule has 0 bridgehead atoms. The Labute approximate surface area is 124 Å². The lowest BCUT2D eigenvalue weighted by atomic mass is 9.89. The number of urea groups is 1. The van der Waals surface area contributed by atoms with Crippen LogP contribution in [0.2, 0.25) is 0 Å². The molecule has 0 aromatic carbocycles. The van der Waals surface area contributed by atoms with Crippen molar-refractivity contribution in [1.82, 2.24) is 9.80 Å². The largest absolute Gasteiger partial charge is 0.480 e. The number of piperidine rings is 1. The number of carbonyl (C=O) groups excluding carboxylic acids is 1. The molecule has 0 aliphatic carbocycles. The van der Waals surface area contributed by atoms with Crippen LogP contribution >= 0.6 is 0 Å². The number of aliphatic carboxylic acids is 1. The topological polar surface area (TPSA) is 95.0 Å². The van der Waals surface area contributed by atoms with Crippen molar-refractivity contribution in [3.8, 4) is 0 Å². The molecule has 120 valence electrons. The molecule has 2 heterocycles. The highest BCUT2D eigenvalue weighted by Crippen LogP contribution is 2.30. The first kappa shape index (κ1) is 16.1. The van der Waals surface area contributed by atoms with Gasteiger partial charge in [0.1, 0.15) is 5.54 Å². The van der Waals surface area contributed by atoms with E-state index in [1.807, 2.05) is 0 Å². The molecule has 2 saturated heterocycles. The van der Waals surface area contributed by atoms with Crippen LogP contribution in [0.15, 0.2) is 0 Å². The molecule has 0 saturated carbocycles. The summed E-state index contributed by atoms with van der Waals surface area (Å²) in [5.41, 5.74) is -1.21. The number of carboxylic acid groups (broad SMARTS) is 1. The van der Waals surface area contributed by atoms with E-state index in [4.69, 9.17) is 0 Å². The van der Waals surface area contributed by atoms with Crippen molar-refractivity contribution in [2.24, 2.45) is 0 Å². The van der Waals surface area contributed by atoms with Crippen LogP contribution in [0.3, 0.4) is 0 Å². The summed E-state index contributed by atoms with van der Waals surface area (Å²) >= 11 is 0. The molecule has 2 aliphatic heterocycles. The fourth-order valence-electron chi connectivity index (χ4n) is 3.08. The minimum atomic E-state index is -3.08. The zero-order valence-corrected chi connectivity index (χ0v) is 13.2. The number of amides is 2. The van der Waals surface area contributed by atoms with E-state index < -0.39 is 21.3 Å². The molecule has 2 atom stereocenters. The second kappa shape index (κ2) is 5.47. The first-order valence-electron chi connectivity index (χ1n) is 7.16. The summed E-state index contributed by atoms with van der Waals surface area (Å²) in [4.78, 5) is 26.9. The van der Waals surface area contributed by atoms with Gasteiger partial charge >= 0.3 is 12.0 Å². The molecule has 2 unspecified atom stereocenters. The Balaban J connectivity index is 2.16. The Morgan fingerprint density at radius 1 is 1.33 bits per heavy atom. The maximum Gasteiger partial charge on any atom is 0.329 e. The summed E-state index contributed by atoms with van der Waals surface area (Å²) in [6.07, 6.45) is 2.38. The van der Waals surface area contributed by atoms with Crippen molar-refractivity contribution < 1.29 is 23.1 Å². The highest BCUT2D eigenvalue weighted by Gasteiger charge is 2.46. The third kappa shape index (κ3) is 3.00. The Bertz CT molecular complexity index is 547. The van der Waals surface area contributed by atoms with E-state index >= 15 is 0 Å². The van der Waals surface area contributed by atoms with Crippen LogP contribution in [-0.4, -0.2) is 72.0 Å². The van der Waals surface area contributed by atoms with Crippen LogP contribution in [-0.2, 0) is 14.6 Å². The van der Waals surface area contributed by atoms with Gasteiger partial charge in [-0.1, -0.05) is 0 Å². The van der Waals surface area contributed by atoms with Crippen LogP contribution in [0.5, 0.6) is 0 Å². The van der Waals surface area contributed by atoms with Gasteiger partial charge in [0.2, 0.25) is 0 Å². The van der Waals surface area contributed by atoms with Gasteiger partial charge < -0.3 is 14.9 Å². The number of nitrogens with zero attached hydrogens (tertiary/aromatic N) is 2. The van der Waals surface area contributed by atoms with Crippen molar-refractivity contribution in [3.63, 3.8) is 0 Å². The molecule has 0 aromatic rings. The lowest BCUT2D eigenvalue weighted by molar-refractivity contribution is -0.150. The van der Waals surface area contributed by atoms with E-state index in [9.17, 15) is 23.1 Å². The Morgan fingerprint density at radius 2 is 2.00 bits per heavy atom. The van der Waals surface area contributed by atoms with E-state index in [1.165, 1.54) is 9.80 Å². The molecular weight excluding hydrogens is 296 g/mol. The van der Waals surface area contributed by atoms with Crippen LogP contribution in [0.4, 0.5) is 4.79 Å². The smallest absolute Gasteiger partial charge is 0.329 e. The molecule has 2 amide bonds. The number of rotatable bonds is 2. The van der Waals surface area contributed by atoms with Gasteiger partial charge in [0.25, 0.3) is 0 Å². The van der Waals surface area contributed by atoms with Crippen LogP contribution in [0, 0.1) is 0 Å². The van der Waals surface area contributed by atoms with Crippen molar-refractivity contribution in [2.45, 2.75) is 44.2 Å². The monoisotopic (exact) mass is 318 g/mol. The molecular formula is C13H22N2O5S. The third-order valence-electron chi connectivity index (χ3n) is 4.64. The quantitative estimate of drug-likeness (QED) is 0.802. The first-order valence-corrected chi connectivity index (χ1v) is 8.98. The second-order valence-corrected chi connectivity index (χ2v) is 8.37. The van der Waals surface area contributed by atoms with E-state index in [0.29, 0.717) is 19.4 Å². The first-order chi connectivity index (χ1) is 9.67. The molecule has 0 radical (unpaired) electrons. The Morgan fingerprint density at radius 3 is 2.52 bits per heavy atom. The normalized spacial score (nSPS) is 31.9. The SMILES string of the molecule is CN(C(=O)N1CCCCC1(C)C(=O)O)C1CCS(=O)(=O)C1. The average molecular weight is 318 g/mol. The molecule has 1 N–H and O–H groups in total. The number of carbonyl (C=O) groups is 2. The van der Waals surface area contributed by atoms with Gasteiger partial charge in [0, 0.05) is 19.6 Å². The van der Waals surface area contributed by atoms with Gasteiger partial charge in [-0.05, 0) is 32.6 Å². The highest BCUT2D eigenvalue weighted by molar-refractivity contribution is 7.91. The third-order valence-corrected chi connectivity index (χ3v) is 6.39. The lowest BCUT2D eigenvalue weighted by Gasteiger charge is -2.44. The van der Waals surface area contributed by atoms with E-state index in [-0.39, 0.29) is 23.6 Å². The number of hydrogen-bond acceptors (Lipinski definition) is 4. The van der Waals surface area contributed by atoms with Gasteiger partial charge in [0.05, 0.1) is 11.5 Å². The van der Waals surface area contributed by atoms with E-state index in [2.05, 4.69) is 0 Å². The summed E-state index contributed by atoms with van der Waals surface area (Å²) in [5, 5.41) is 9.44. The Kier molecular flexibility index (Phi) is 4.19. The summed E-state index contributed by atoms with van der Waals surface area (Å²) in [6.45, 7) is 1.96. The summed E-state index contributed by atoms with van der Waals surface area (Å²) in [5.74, 6) is -0.957. The Hall–Kier alpha value is -1.31. The fraction of sp³-hybridized carbons (Fsp3) is 0.846. The van der Waals surface area contributed by atoms with Crippen LogP contribution in [0.1, 0.15) is 32.6 Å². The van der Waals surface area contributed by atoms with Crippen molar-refractivity contribution in [1.29, 1.82) is 0 Å². The van der Waals surface area contributed by atoms with E-state index in [1.54, 1.807) is 14.0 Å². The standard InChI is InChI=1S/C13H22N2O5S/c1-13(11(16)17)6-3-4-7-15(13)12(18)14(2)10-5-8-21(19,20)9-10/h10H,3-9H2,1-2H3,(H,16,17). The number of sulfone groups is 1. The van der Waals surface area contributed by atoms with Crippen molar-refractivity contribution >= 4 is 21.8 Å². The maximum absolute atomic E-state index is 12.6. The number of carboxylic acids is 1. The molecule has 2 fully saturated rings. The van der Waals surface area contributed by atoms with Crippen molar-refractivity contribution in [3.05, 3.63) is 0 Å². The molecule has 7 nitrogen and oxygen atoms in total. The van der Waals surface area contributed by atoms with Crippen LogP contribution in [0.25, 0.3) is 0 Å². The second-order valence-electron chi connectivity index (χ2n) is 6.14. The fourth-order valence-corrected chi connectivity index (χ4v) is 4.85. The molecule has 8 heteroatoms. The molecule has 0 spiro atoms. The predicted octanol–water partition coefficient (Wildman–Crippen LogP) is 0.555. The van der Waals surface area contributed by atoms with E-state index in [0.717, 1.165) is 12.8 Å². The number of hydrogen-bond donors (Lipinski definition) is 1. The summed E-state index contributed by atoms with van der Waals surface area (Å²) in [6, 6.07) is -0.746. The van der Waals surface area contributed by atoms with Gasteiger partial charge in [-0.3, -0.25) is 0 Å². The summed E-state index contributed by atoms with van der Waals surface area (Å²) in [7, 11) is -1.52.